The van der Waals surface area contributed by atoms with Gasteiger partial charge in [-0.3, -0.25) is 9.59 Å². The summed E-state index contributed by atoms with van der Waals surface area (Å²) in [6, 6.07) is 9.97. The molecule has 5 aliphatic rings. The number of hydrogen-bond donors (Lipinski definition) is 10. The van der Waals surface area contributed by atoms with Crippen molar-refractivity contribution in [1.82, 2.24) is 15.5 Å². The fourth-order valence-corrected chi connectivity index (χ4v) is 8.88. The lowest BCUT2D eigenvalue weighted by molar-refractivity contribution is -0.0453. The number of carbonyl (C=O) groups excluding carboxylic acids is 2. The molecular weight excluding hydrogens is 789 g/mol. The second-order valence-electron chi connectivity index (χ2n) is 14.2. The molecule has 5 atom stereocenters. The average molecular weight is 839 g/mol. The normalized spacial score (nSPS) is 23.1. The Kier molecular flexibility index (Phi) is 14.9. The van der Waals surface area contributed by atoms with Gasteiger partial charge < -0.3 is 61.5 Å². The maximum absolute atomic E-state index is 13.4. The summed E-state index contributed by atoms with van der Waals surface area (Å²) >= 11 is 0. The van der Waals surface area contributed by atoms with Crippen LogP contribution in [0.15, 0.2) is 48.6 Å². The predicted octanol–water partition coefficient (Wildman–Crippen LogP) is 2.32. The molecule has 1 saturated heterocycles. The number of anilines is 2. The van der Waals surface area contributed by atoms with Crippen LogP contribution >= 0.6 is 37.2 Å². The molecule has 3 aromatic rings. The molecule has 0 amide bonds. The van der Waals surface area contributed by atoms with Crippen LogP contribution in [0.5, 0.6) is 23.0 Å². The van der Waals surface area contributed by atoms with Crippen molar-refractivity contribution in [3.8, 4) is 23.0 Å². The summed E-state index contributed by atoms with van der Waals surface area (Å²) in [5, 5.41) is 71.2. The van der Waals surface area contributed by atoms with Crippen molar-refractivity contribution in [3.63, 3.8) is 0 Å². The molecule has 56 heavy (non-hydrogen) atoms. The van der Waals surface area contributed by atoms with Gasteiger partial charge in [0.1, 0.15) is 23.7 Å². The van der Waals surface area contributed by atoms with Crippen molar-refractivity contribution in [2.75, 3.05) is 76.7 Å². The molecule has 3 aliphatic carbocycles. The van der Waals surface area contributed by atoms with Crippen LogP contribution < -0.4 is 26.0 Å². The highest BCUT2D eigenvalue weighted by Gasteiger charge is 2.64. The monoisotopic (exact) mass is 837 g/mol. The average Bonchev–Trinajstić information content (AvgIpc) is 3.51. The van der Waals surface area contributed by atoms with E-state index in [0.29, 0.717) is 68.4 Å². The molecule has 0 radical (unpaired) electrons. The number of rotatable bonds is 12. The van der Waals surface area contributed by atoms with E-state index in [9.17, 15) is 30.0 Å². The van der Waals surface area contributed by atoms with E-state index in [1.54, 1.807) is 18.2 Å². The van der Waals surface area contributed by atoms with Crippen LogP contribution in [0.25, 0.3) is 0 Å². The predicted molar refractivity (Wildman–Crippen MR) is 219 cm³/mol. The molecule has 14 nitrogen and oxygen atoms in total. The Morgan fingerprint density at radius 1 is 0.732 bits per heavy atom. The number of carbonyl (C=O) groups is 2. The number of hydrogen-bond acceptors (Lipinski definition) is 14. The molecule has 8 rings (SSSR count). The van der Waals surface area contributed by atoms with Crippen molar-refractivity contribution in [2.24, 2.45) is 5.92 Å². The molecule has 2 bridgehead atoms. The molecule has 306 valence electrons. The summed E-state index contributed by atoms with van der Waals surface area (Å²) in [6.07, 6.45) is 5.18. The summed E-state index contributed by atoms with van der Waals surface area (Å²) in [6.45, 7) is 3.82. The van der Waals surface area contributed by atoms with Crippen LogP contribution in [0.1, 0.15) is 49.4 Å². The lowest BCUT2D eigenvalue weighted by atomic mass is 9.53. The number of ketones is 2. The maximum Gasteiger partial charge on any atom is 0.200 e. The first-order valence-electron chi connectivity index (χ1n) is 18.1. The van der Waals surface area contributed by atoms with E-state index in [4.69, 9.17) is 14.9 Å². The van der Waals surface area contributed by atoms with Gasteiger partial charge in [-0.1, -0.05) is 18.2 Å². The molecule has 3 aromatic carbocycles. The zero-order valence-corrected chi connectivity index (χ0v) is 33.2. The van der Waals surface area contributed by atoms with Crippen molar-refractivity contribution < 1.29 is 45.0 Å². The number of halogens is 3. The van der Waals surface area contributed by atoms with Gasteiger partial charge in [-0.2, -0.15) is 0 Å². The smallest absolute Gasteiger partial charge is 0.200 e. The lowest BCUT2D eigenvalue weighted by Crippen LogP contribution is -2.64. The molecule has 0 aromatic heterocycles. The number of nitrogens with zero attached hydrogens (tertiary/aromatic N) is 1. The van der Waals surface area contributed by atoms with E-state index in [0.717, 1.165) is 19.4 Å². The topological polar surface area (TPSA) is 216 Å². The molecule has 2 aliphatic heterocycles. The number of nitrogens with one attached hydrogen (secondary N) is 4. The number of aliphatic hydroxyl groups is 3. The number of aromatic hydroxyl groups is 3. The third-order valence-electron chi connectivity index (χ3n) is 11.2. The molecular formula is C39H50Cl3N5O9. The quantitative estimate of drug-likeness (QED) is 0.0564. The number of ether oxygens (including phenoxy) is 1. The molecule has 0 unspecified atom stereocenters. The van der Waals surface area contributed by atoms with Crippen LogP contribution in [0.2, 0.25) is 0 Å². The fourth-order valence-electron chi connectivity index (χ4n) is 8.88. The molecule has 1 fully saturated rings. The Balaban J connectivity index is 0.000000251. The summed E-state index contributed by atoms with van der Waals surface area (Å²) in [4.78, 5) is 29.2. The molecule has 1 spiro atoms. The third-order valence-corrected chi connectivity index (χ3v) is 11.2. The number of fused-ring (bicyclic) bond motifs is 2. The van der Waals surface area contributed by atoms with Crippen LogP contribution in [0.3, 0.4) is 0 Å². The summed E-state index contributed by atoms with van der Waals surface area (Å²) in [7, 11) is 2.19. The first-order valence-corrected chi connectivity index (χ1v) is 18.1. The van der Waals surface area contributed by atoms with Gasteiger partial charge in [0.15, 0.2) is 11.5 Å². The van der Waals surface area contributed by atoms with Crippen molar-refractivity contribution in [3.05, 3.63) is 81.9 Å². The molecule has 0 saturated carbocycles. The second kappa shape index (κ2) is 18.6. The van der Waals surface area contributed by atoms with Gasteiger partial charge in [-0.25, -0.2) is 0 Å². The number of likely N-dealkylation sites (N-methyl/N-ethyl adjacent to an activating group) is 1. The van der Waals surface area contributed by atoms with E-state index in [1.165, 1.54) is 23.3 Å². The lowest BCUT2D eigenvalue weighted by Gasteiger charge is -2.56. The number of phenols is 3. The second-order valence-corrected chi connectivity index (χ2v) is 14.2. The Hall–Kier alpha value is -3.83. The van der Waals surface area contributed by atoms with Gasteiger partial charge in [0.25, 0.3) is 0 Å². The van der Waals surface area contributed by atoms with Crippen molar-refractivity contribution >= 4 is 60.2 Å². The summed E-state index contributed by atoms with van der Waals surface area (Å²) < 4.78 is 6.09. The highest BCUT2D eigenvalue weighted by atomic mass is 35.5. The number of piperidine rings is 1. The van der Waals surface area contributed by atoms with E-state index in [-0.39, 0.29) is 101 Å². The zero-order valence-electron chi connectivity index (χ0n) is 30.8. The van der Waals surface area contributed by atoms with E-state index in [1.807, 2.05) is 12.1 Å². The molecule has 10 N–H and O–H groups in total. The van der Waals surface area contributed by atoms with Crippen LogP contribution in [-0.4, -0.2) is 131 Å². The van der Waals surface area contributed by atoms with Crippen LogP contribution in [-0.2, 0) is 11.8 Å². The molecule has 17 heteroatoms. The first kappa shape index (κ1) is 44.9. The van der Waals surface area contributed by atoms with Gasteiger partial charge >= 0.3 is 0 Å². The van der Waals surface area contributed by atoms with Crippen LogP contribution in [0.4, 0.5) is 11.4 Å². The molecule has 2 heterocycles. The van der Waals surface area contributed by atoms with E-state index in [2.05, 4.69) is 39.3 Å². The highest BCUT2D eigenvalue weighted by molar-refractivity contribution is 6.33. The Morgan fingerprint density at radius 2 is 1.27 bits per heavy atom. The number of likely N-dealkylation sites (tertiary alicyclic amines) is 1. The zero-order chi connectivity index (χ0) is 37.4. The Labute approximate surface area is 343 Å². The minimum atomic E-state index is -0.594. The highest BCUT2D eigenvalue weighted by Crippen LogP contribution is 2.62. The number of aliphatic hydroxyl groups excluding tert-OH is 3. The van der Waals surface area contributed by atoms with Gasteiger partial charge in [0.2, 0.25) is 11.6 Å². The summed E-state index contributed by atoms with van der Waals surface area (Å²) in [5.41, 5.74) is 2.97. The van der Waals surface area contributed by atoms with Gasteiger partial charge in [0.05, 0.1) is 35.5 Å². The van der Waals surface area contributed by atoms with E-state index >= 15 is 0 Å². The van der Waals surface area contributed by atoms with Crippen molar-refractivity contribution in [2.45, 2.75) is 36.5 Å². The van der Waals surface area contributed by atoms with E-state index < -0.39 is 17.7 Å². The maximum atomic E-state index is 13.4. The van der Waals surface area contributed by atoms with Gasteiger partial charge in [-0.15, -0.1) is 37.2 Å². The van der Waals surface area contributed by atoms with Gasteiger partial charge in [-0.05, 0) is 62.3 Å². The standard InChI is InChI=1S/C22H28N4O6.C17H19NO3.3ClH/c27-11-9-23-5-7-25-13-1-2-14(26-8-6-24-10-12-28)18-17(13)21(31)19-15(29)3-4-16(30)20(19)22(18)32;1-18-7-6-17-10-3-5-13(20)16(17)21-15-12(19)4-2-9(14(15)17)8-11(10)18;;;/h1-4,23-30H,5-12H2;2-5,10-11,13,16,19-20H,6-8H2,1H3;3*1H/t;10-,11+,13-,16-,17-;;;/m.0.../s1. The van der Waals surface area contributed by atoms with Gasteiger partial charge in [0, 0.05) is 73.6 Å². The minimum Gasteiger partial charge on any atom is -0.507 e. The van der Waals surface area contributed by atoms with Crippen molar-refractivity contribution in [1.29, 1.82) is 0 Å². The third kappa shape index (κ3) is 7.62. The number of phenolic OH excluding ortho intramolecular Hbond substituents is 3. The minimum absolute atomic E-state index is 0. The SMILES string of the molecule is CN1CC[C@]23c4c5ccc(O)c4O[C@H]2[C@@H](O)C=C[C@H]3[C@H]1C5.Cl.Cl.Cl.O=C1c2c(O)ccc(O)c2C(=O)c2c(NCCNCCO)ccc(NCCNCCO)c21. The first-order chi connectivity index (χ1) is 25.6. The number of benzene rings is 3. The Bertz CT molecular complexity index is 1870. The van der Waals surface area contributed by atoms with Crippen LogP contribution in [0, 0.1) is 5.92 Å². The largest absolute Gasteiger partial charge is 0.507 e. The summed E-state index contributed by atoms with van der Waals surface area (Å²) in [5.74, 6) is -0.672. The fraction of sp³-hybridized carbons (Fsp3) is 0.436. The Morgan fingerprint density at radius 3 is 1.80 bits per heavy atom.